The lowest BCUT2D eigenvalue weighted by atomic mass is 9.63. The van der Waals surface area contributed by atoms with E-state index in [1.165, 1.54) is 11.3 Å². The van der Waals surface area contributed by atoms with Gasteiger partial charge in [0.1, 0.15) is 11.7 Å². The van der Waals surface area contributed by atoms with Crippen LogP contribution in [-0.4, -0.2) is 43.8 Å². The molecule has 2 heterocycles. The van der Waals surface area contributed by atoms with Crippen molar-refractivity contribution in [2.24, 2.45) is 16.8 Å². The van der Waals surface area contributed by atoms with E-state index in [2.05, 4.69) is 0 Å². The minimum absolute atomic E-state index is 0.167. The van der Waals surface area contributed by atoms with E-state index >= 15 is 0 Å². The standard InChI is InChI=1S/C27H29NO6S/c1-5-33-26(30)21-15(3)28-19-14-18(16-9-7-10-17(13-16)32-4)22(27(31)34-6-2)25(29)23(19)24(21)20-11-8-12-35-20/h7-13,18,22-24H,5-6,14H2,1-4H3/t18-,22+,23?,24-/m1/s1. The molecule has 1 aliphatic heterocycles. The molecule has 0 bridgehead atoms. The number of esters is 2. The molecule has 0 spiro atoms. The summed E-state index contributed by atoms with van der Waals surface area (Å²) in [4.78, 5) is 46.0. The van der Waals surface area contributed by atoms with Gasteiger partial charge in [0.25, 0.3) is 0 Å². The summed E-state index contributed by atoms with van der Waals surface area (Å²) in [7, 11) is 1.58. The number of benzene rings is 1. The van der Waals surface area contributed by atoms with Crippen LogP contribution in [0, 0.1) is 11.8 Å². The molecule has 1 fully saturated rings. The zero-order chi connectivity index (χ0) is 25.1. The molecule has 0 saturated heterocycles. The summed E-state index contributed by atoms with van der Waals surface area (Å²) >= 11 is 1.47. The van der Waals surface area contributed by atoms with Crippen LogP contribution in [0.3, 0.4) is 0 Å². The second-order valence-electron chi connectivity index (χ2n) is 8.51. The van der Waals surface area contributed by atoms with Crippen LogP contribution in [-0.2, 0) is 23.9 Å². The van der Waals surface area contributed by atoms with Crippen LogP contribution < -0.4 is 4.74 Å². The SMILES string of the molecule is CCOC(=O)C1=C(C)N=C2C[C@H](c3cccc(OC)c3)[C@H](C(=O)OCC)C(=O)C2[C@@H]1c1cccs1. The van der Waals surface area contributed by atoms with Gasteiger partial charge in [0.05, 0.1) is 31.8 Å². The van der Waals surface area contributed by atoms with E-state index in [0.717, 1.165) is 10.4 Å². The molecule has 0 radical (unpaired) electrons. The summed E-state index contributed by atoms with van der Waals surface area (Å²) < 4.78 is 16.1. The van der Waals surface area contributed by atoms with E-state index in [-0.39, 0.29) is 19.0 Å². The van der Waals surface area contributed by atoms with Crippen LogP contribution in [0.1, 0.15) is 49.5 Å². The zero-order valence-electron chi connectivity index (χ0n) is 20.3. The summed E-state index contributed by atoms with van der Waals surface area (Å²) in [6, 6.07) is 11.2. The summed E-state index contributed by atoms with van der Waals surface area (Å²) in [5.74, 6) is -3.45. The topological polar surface area (TPSA) is 91.3 Å². The number of thiophene rings is 1. The van der Waals surface area contributed by atoms with E-state index in [9.17, 15) is 14.4 Å². The number of ketones is 1. The van der Waals surface area contributed by atoms with Crippen molar-refractivity contribution in [2.45, 2.75) is 39.0 Å². The van der Waals surface area contributed by atoms with Gasteiger partial charge in [0, 0.05) is 28.1 Å². The van der Waals surface area contributed by atoms with Gasteiger partial charge in [-0.1, -0.05) is 18.2 Å². The normalized spacial score (nSPS) is 23.9. The van der Waals surface area contributed by atoms with Gasteiger partial charge in [0.2, 0.25) is 0 Å². The maximum atomic E-state index is 14.2. The molecule has 1 unspecified atom stereocenters. The van der Waals surface area contributed by atoms with Crippen LogP contribution >= 0.6 is 11.3 Å². The van der Waals surface area contributed by atoms with Gasteiger partial charge in [-0.3, -0.25) is 14.6 Å². The zero-order valence-corrected chi connectivity index (χ0v) is 21.1. The molecule has 35 heavy (non-hydrogen) atoms. The molecule has 1 aliphatic carbocycles. The first-order valence-electron chi connectivity index (χ1n) is 11.7. The second-order valence-corrected chi connectivity index (χ2v) is 9.49. The first-order valence-corrected chi connectivity index (χ1v) is 12.6. The third kappa shape index (κ3) is 4.67. The number of hydrogen-bond donors (Lipinski definition) is 0. The Kier molecular flexibility index (Phi) is 7.50. The monoisotopic (exact) mass is 495 g/mol. The highest BCUT2D eigenvalue weighted by atomic mass is 32.1. The lowest BCUT2D eigenvalue weighted by Gasteiger charge is -2.40. The molecule has 7 nitrogen and oxygen atoms in total. The van der Waals surface area contributed by atoms with Crippen LogP contribution in [0.15, 0.2) is 58.0 Å². The molecule has 0 N–H and O–H groups in total. The Morgan fingerprint density at radius 2 is 1.86 bits per heavy atom. The summed E-state index contributed by atoms with van der Waals surface area (Å²) in [6.45, 7) is 5.62. The number of aliphatic imine (C=N–C) groups is 1. The smallest absolute Gasteiger partial charge is 0.336 e. The van der Waals surface area contributed by atoms with Gasteiger partial charge in [0.15, 0.2) is 5.78 Å². The van der Waals surface area contributed by atoms with Gasteiger partial charge < -0.3 is 14.2 Å². The number of Topliss-reactive ketones (excluding diaryl/α,β-unsaturated/α-hetero) is 1. The van der Waals surface area contributed by atoms with Gasteiger partial charge in [-0.25, -0.2) is 4.79 Å². The van der Waals surface area contributed by atoms with E-state index in [1.54, 1.807) is 27.9 Å². The van der Waals surface area contributed by atoms with Crippen molar-refractivity contribution in [3.63, 3.8) is 0 Å². The Bertz CT molecular complexity index is 1180. The number of rotatable bonds is 7. The maximum Gasteiger partial charge on any atom is 0.336 e. The lowest BCUT2D eigenvalue weighted by molar-refractivity contribution is -0.153. The number of ether oxygens (including phenoxy) is 3. The fourth-order valence-corrected chi connectivity index (χ4v) is 5.99. The van der Waals surface area contributed by atoms with E-state index < -0.39 is 35.6 Å². The van der Waals surface area contributed by atoms with Crippen LogP contribution in [0.4, 0.5) is 0 Å². The predicted octanol–water partition coefficient (Wildman–Crippen LogP) is 4.68. The van der Waals surface area contributed by atoms with Crippen molar-refractivity contribution in [1.82, 2.24) is 0 Å². The first kappa shape index (κ1) is 24.9. The third-order valence-corrected chi connectivity index (χ3v) is 7.51. The first-order chi connectivity index (χ1) is 16.9. The van der Waals surface area contributed by atoms with Crippen molar-refractivity contribution >= 4 is 34.8 Å². The Hall–Kier alpha value is -3.26. The summed E-state index contributed by atoms with van der Waals surface area (Å²) in [5, 5.41) is 1.91. The highest BCUT2D eigenvalue weighted by Crippen LogP contribution is 2.49. The molecule has 184 valence electrons. The quantitative estimate of drug-likeness (QED) is 0.409. The maximum absolute atomic E-state index is 14.2. The molecule has 1 aromatic heterocycles. The van der Waals surface area contributed by atoms with Crippen molar-refractivity contribution < 1.29 is 28.6 Å². The molecule has 2 aliphatic rings. The third-order valence-electron chi connectivity index (χ3n) is 6.56. The molecule has 4 rings (SSSR count). The van der Waals surface area contributed by atoms with Crippen molar-refractivity contribution in [3.05, 3.63) is 63.5 Å². The van der Waals surface area contributed by atoms with Gasteiger partial charge in [-0.2, -0.15) is 0 Å². The van der Waals surface area contributed by atoms with Crippen LogP contribution in [0.5, 0.6) is 5.75 Å². The average molecular weight is 496 g/mol. The number of hydrogen-bond acceptors (Lipinski definition) is 8. The number of methoxy groups -OCH3 is 1. The number of carbonyl (C=O) groups excluding carboxylic acids is 3. The predicted molar refractivity (Wildman–Crippen MR) is 133 cm³/mol. The van der Waals surface area contributed by atoms with Gasteiger partial charge in [-0.15, -0.1) is 11.3 Å². The number of fused-ring (bicyclic) bond motifs is 1. The van der Waals surface area contributed by atoms with Crippen molar-refractivity contribution in [1.29, 1.82) is 0 Å². The van der Waals surface area contributed by atoms with Crippen LogP contribution in [0.25, 0.3) is 0 Å². The van der Waals surface area contributed by atoms with Crippen molar-refractivity contribution in [3.8, 4) is 5.75 Å². The molecular weight excluding hydrogens is 466 g/mol. The molecule has 4 atom stereocenters. The fraction of sp³-hybridized carbons (Fsp3) is 0.407. The molecule has 8 heteroatoms. The number of carbonyl (C=O) groups is 3. The Labute approximate surface area is 208 Å². The molecule has 0 amide bonds. The Morgan fingerprint density at radius 1 is 1.09 bits per heavy atom. The van der Waals surface area contributed by atoms with Gasteiger partial charge in [-0.05, 0) is 56.3 Å². The van der Waals surface area contributed by atoms with Crippen LogP contribution in [0.2, 0.25) is 0 Å². The minimum Gasteiger partial charge on any atom is -0.497 e. The molecular formula is C27H29NO6S. The number of allylic oxidation sites excluding steroid dienone is 1. The lowest BCUT2D eigenvalue weighted by Crippen LogP contribution is -2.48. The van der Waals surface area contributed by atoms with E-state index in [1.807, 2.05) is 41.8 Å². The number of nitrogens with zero attached hydrogens (tertiary/aromatic N) is 1. The molecule has 1 saturated carbocycles. The second kappa shape index (κ2) is 10.6. The minimum atomic E-state index is -1.02. The van der Waals surface area contributed by atoms with Crippen molar-refractivity contribution in [2.75, 3.05) is 20.3 Å². The molecule has 1 aromatic carbocycles. The Morgan fingerprint density at radius 3 is 2.51 bits per heavy atom. The highest BCUT2D eigenvalue weighted by Gasteiger charge is 2.53. The molecule has 2 aromatic rings. The summed E-state index contributed by atoms with van der Waals surface area (Å²) in [6.07, 6.45) is 0.391. The average Bonchev–Trinajstić information content (AvgIpc) is 3.38. The fourth-order valence-electron chi connectivity index (χ4n) is 5.12. The summed E-state index contributed by atoms with van der Waals surface area (Å²) in [5.41, 5.74) is 2.40. The van der Waals surface area contributed by atoms with E-state index in [0.29, 0.717) is 29.2 Å². The Balaban J connectivity index is 1.86. The van der Waals surface area contributed by atoms with E-state index in [4.69, 9.17) is 19.2 Å². The van der Waals surface area contributed by atoms with Gasteiger partial charge >= 0.3 is 11.9 Å². The largest absolute Gasteiger partial charge is 0.497 e. The highest BCUT2D eigenvalue weighted by molar-refractivity contribution is 7.10.